The average Bonchev–Trinajstić information content (AvgIpc) is 3.03. The summed E-state index contributed by atoms with van der Waals surface area (Å²) in [5.74, 6) is -0.176. The topological polar surface area (TPSA) is 106 Å². The van der Waals surface area contributed by atoms with Gasteiger partial charge in [-0.2, -0.15) is 0 Å². The molecule has 1 aromatic carbocycles. The van der Waals surface area contributed by atoms with Gasteiger partial charge in [0.1, 0.15) is 18.2 Å². The Bertz CT molecular complexity index is 727. The van der Waals surface area contributed by atoms with Gasteiger partial charge in [0.05, 0.1) is 6.61 Å². The molecule has 0 bridgehead atoms. The van der Waals surface area contributed by atoms with Crippen molar-refractivity contribution in [1.82, 2.24) is 15.5 Å². The Balaban J connectivity index is 1.88. The van der Waals surface area contributed by atoms with E-state index < -0.39 is 23.8 Å². The number of carbonyl (C=O) groups is 3. The first-order valence-electron chi connectivity index (χ1n) is 11.1. The van der Waals surface area contributed by atoms with Crippen molar-refractivity contribution in [2.75, 3.05) is 32.8 Å². The highest BCUT2D eigenvalue weighted by atomic mass is 16.6. The van der Waals surface area contributed by atoms with Gasteiger partial charge in [-0.25, -0.2) is 9.59 Å². The molecule has 1 fully saturated rings. The molecule has 1 aliphatic rings. The highest BCUT2D eigenvalue weighted by Crippen LogP contribution is 2.09. The van der Waals surface area contributed by atoms with Crippen LogP contribution in [0.2, 0.25) is 0 Å². The van der Waals surface area contributed by atoms with E-state index in [0.29, 0.717) is 45.7 Å². The lowest BCUT2D eigenvalue weighted by atomic mass is 10.1. The smallest absolute Gasteiger partial charge is 0.408 e. The van der Waals surface area contributed by atoms with Crippen LogP contribution in [0.5, 0.6) is 0 Å². The monoisotopic (exact) mass is 449 g/mol. The summed E-state index contributed by atoms with van der Waals surface area (Å²) in [5, 5.41) is 5.37. The molecule has 0 radical (unpaired) electrons. The number of rotatable bonds is 8. The molecule has 178 valence electrons. The second-order valence-corrected chi connectivity index (χ2v) is 8.62. The molecule has 1 aromatic rings. The molecule has 1 atom stereocenters. The lowest BCUT2D eigenvalue weighted by Gasteiger charge is -2.26. The molecule has 2 N–H and O–H groups in total. The SMILES string of the molecule is CC(C)(C)OC(=O)NCCC[C@@H](NC(=O)OCc1ccccc1)C(=O)N1CCCOCC1. The molecule has 9 heteroatoms. The zero-order valence-electron chi connectivity index (χ0n) is 19.2. The molecule has 9 nitrogen and oxygen atoms in total. The number of hydrogen-bond acceptors (Lipinski definition) is 6. The number of hydrogen-bond donors (Lipinski definition) is 2. The number of ether oxygens (including phenoxy) is 3. The van der Waals surface area contributed by atoms with Crippen LogP contribution in [-0.2, 0) is 25.6 Å². The van der Waals surface area contributed by atoms with Crippen molar-refractivity contribution < 1.29 is 28.6 Å². The van der Waals surface area contributed by atoms with Gasteiger partial charge in [-0.05, 0) is 45.6 Å². The summed E-state index contributed by atoms with van der Waals surface area (Å²) < 4.78 is 15.9. The van der Waals surface area contributed by atoms with Crippen LogP contribution in [0.25, 0.3) is 0 Å². The highest BCUT2D eigenvalue weighted by molar-refractivity contribution is 5.85. The summed E-state index contributed by atoms with van der Waals surface area (Å²) in [5.41, 5.74) is 0.276. The van der Waals surface area contributed by atoms with Gasteiger partial charge in [0.2, 0.25) is 5.91 Å². The van der Waals surface area contributed by atoms with Crippen LogP contribution < -0.4 is 10.6 Å². The van der Waals surface area contributed by atoms with Crippen molar-refractivity contribution in [3.63, 3.8) is 0 Å². The molecule has 0 unspecified atom stereocenters. The molecule has 0 spiro atoms. The molecule has 2 rings (SSSR count). The van der Waals surface area contributed by atoms with E-state index in [9.17, 15) is 14.4 Å². The minimum atomic E-state index is -0.753. The predicted octanol–water partition coefficient (Wildman–Crippen LogP) is 2.84. The maximum atomic E-state index is 13.1. The Morgan fingerprint density at radius 3 is 2.56 bits per heavy atom. The second kappa shape index (κ2) is 12.9. The normalized spacial score (nSPS) is 15.3. The number of benzene rings is 1. The number of alkyl carbamates (subject to hydrolysis) is 2. The first kappa shape index (κ1) is 25.5. The number of nitrogens with one attached hydrogen (secondary N) is 2. The zero-order chi connectivity index (χ0) is 23.4. The summed E-state index contributed by atoms with van der Waals surface area (Å²) >= 11 is 0. The van der Waals surface area contributed by atoms with E-state index in [1.165, 1.54) is 0 Å². The van der Waals surface area contributed by atoms with Gasteiger partial charge >= 0.3 is 12.2 Å². The van der Waals surface area contributed by atoms with Crippen LogP contribution in [0.1, 0.15) is 45.6 Å². The van der Waals surface area contributed by atoms with E-state index in [-0.39, 0.29) is 12.5 Å². The van der Waals surface area contributed by atoms with Crippen LogP contribution in [0, 0.1) is 0 Å². The maximum Gasteiger partial charge on any atom is 0.408 e. The van der Waals surface area contributed by atoms with E-state index in [0.717, 1.165) is 12.0 Å². The zero-order valence-corrected chi connectivity index (χ0v) is 19.2. The molecule has 1 heterocycles. The Morgan fingerprint density at radius 1 is 1.09 bits per heavy atom. The number of carbonyl (C=O) groups excluding carboxylic acids is 3. The first-order valence-corrected chi connectivity index (χ1v) is 11.1. The minimum absolute atomic E-state index is 0.116. The van der Waals surface area contributed by atoms with Gasteiger partial charge in [-0.1, -0.05) is 30.3 Å². The van der Waals surface area contributed by atoms with Gasteiger partial charge < -0.3 is 29.7 Å². The Morgan fingerprint density at radius 2 is 1.84 bits per heavy atom. The van der Waals surface area contributed by atoms with Crippen molar-refractivity contribution >= 4 is 18.1 Å². The van der Waals surface area contributed by atoms with Crippen molar-refractivity contribution in [3.8, 4) is 0 Å². The fraction of sp³-hybridized carbons (Fsp3) is 0.609. The van der Waals surface area contributed by atoms with E-state index >= 15 is 0 Å². The fourth-order valence-electron chi connectivity index (χ4n) is 3.16. The summed E-state index contributed by atoms with van der Waals surface area (Å²) in [6, 6.07) is 8.57. The molecule has 0 aliphatic carbocycles. The summed E-state index contributed by atoms with van der Waals surface area (Å²) in [4.78, 5) is 38.9. The van der Waals surface area contributed by atoms with Gasteiger partial charge in [-0.15, -0.1) is 0 Å². The highest BCUT2D eigenvalue weighted by Gasteiger charge is 2.27. The van der Waals surface area contributed by atoms with E-state index in [1.807, 2.05) is 30.3 Å². The average molecular weight is 450 g/mol. The van der Waals surface area contributed by atoms with Gasteiger partial charge in [-0.3, -0.25) is 4.79 Å². The minimum Gasteiger partial charge on any atom is -0.445 e. The molecule has 32 heavy (non-hydrogen) atoms. The van der Waals surface area contributed by atoms with Crippen LogP contribution in [0.4, 0.5) is 9.59 Å². The van der Waals surface area contributed by atoms with Crippen LogP contribution in [0.3, 0.4) is 0 Å². The summed E-state index contributed by atoms with van der Waals surface area (Å²) in [6.45, 7) is 7.94. The number of amides is 3. The molecule has 0 aromatic heterocycles. The lowest BCUT2D eigenvalue weighted by Crippen LogP contribution is -2.49. The molecule has 3 amide bonds. The first-order chi connectivity index (χ1) is 15.2. The third-order valence-electron chi connectivity index (χ3n) is 4.67. The van der Waals surface area contributed by atoms with Crippen LogP contribution >= 0.6 is 0 Å². The van der Waals surface area contributed by atoms with E-state index in [2.05, 4.69) is 10.6 Å². The van der Waals surface area contributed by atoms with Gasteiger partial charge in [0, 0.05) is 26.2 Å². The van der Waals surface area contributed by atoms with Crippen molar-refractivity contribution in [1.29, 1.82) is 0 Å². The van der Waals surface area contributed by atoms with Crippen molar-refractivity contribution in [2.24, 2.45) is 0 Å². The molecule has 0 saturated carbocycles. The Hall–Kier alpha value is -2.81. The molecule has 1 saturated heterocycles. The quantitative estimate of drug-likeness (QED) is 0.591. The maximum absolute atomic E-state index is 13.1. The Kier molecular flexibility index (Phi) is 10.3. The van der Waals surface area contributed by atoms with E-state index in [1.54, 1.807) is 25.7 Å². The largest absolute Gasteiger partial charge is 0.445 e. The predicted molar refractivity (Wildman–Crippen MR) is 119 cm³/mol. The standard InChI is InChI=1S/C23H35N3O6/c1-23(2,3)32-21(28)24-12-7-11-19(20(27)26-13-8-15-30-16-14-26)25-22(29)31-17-18-9-5-4-6-10-18/h4-6,9-10,19H,7-8,11-17H2,1-3H3,(H,24,28)(H,25,29)/t19-/m1/s1. The van der Waals surface area contributed by atoms with Gasteiger partial charge in [0.15, 0.2) is 0 Å². The third kappa shape index (κ3) is 10.00. The van der Waals surface area contributed by atoms with Crippen molar-refractivity contribution in [3.05, 3.63) is 35.9 Å². The van der Waals surface area contributed by atoms with Gasteiger partial charge in [0.25, 0.3) is 0 Å². The fourth-order valence-corrected chi connectivity index (χ4v) is 3.16. The van der Waals surface area contributed by atoms with Crippen LogP contribution in [-0.4, -0.2) is 67.5 Å². The second-order valence-electron chi connectivity index (χ2n) is 8.62. The molecular weight excluding hydrogens is 414 g/mol. The Labute approximate surface area is 189 Å². The summed E-state index contributed by atoms with van der Waals surface area (Å²) in [7, 11) is 0. The third-order valence-corrected chi connectivity index (χ3v) is 4.67. The van der Waals surface area contributed by atoms with E-state index in [4.69, 9.17) is 14.2 Å². The van der Waals surface area contributed by atoms with Crippen LogP contribution in [0.15, 0.2) is 30.3 Å². The van der Waals surface area contributed by atoms with Crippen molar-refractivity contribution in [2.45, 2.75) is 58.3 Å². The molecular formula is C23H35N3O6. The number of nitrogens with zero attached hydrogens (tertiary/aromatic N) is 1. The lowest BCUT2D eigenvalue weighted by molar-refractivity contribution is -0.133. The molecule has 1 aliphatic heterocycles. The summed E-state index contributed by atoms with van der Waals surface area (Å²) in [6.07, 6.45) is 0.418.